The number of hydrogen-bond acceptors (Lipinski definition) is 4. The molecule has 1 unspecified atom stereocenters. The van der Waals surface area contributed by atoms with Gasteiger partial charge in [-0.2, -0.15) is 0 Å². The summed E-state index contributed by atoms with van der Waals surface area (Å²) in [5.74, 6) is 2.37. The SMILES string of the molecule is CCSc1nnc(C2CCCN(C(=O)N3CCCCC3)C2)n1CC. The molecular formula is C17H29N5OS. The van der Waals surface area contributed by atoms with Gasteiger partial charge in [-0.05, 0) is 44.8 Å². The van der Waals surface area contributed by atoms with Gasteiger partial charge in [0.15, 0.2) is 5.16 Å². The fourth-order valence-electron chi connectivity index (χ4n) is 3.78. The summed E-state index contributed by atoms with van der Waals surface area (Å²) in [6.07, 6.45) is 5.69. The van der Waals surface area contributed by atoms with Gasteiger partial charge in [0.1, 0.15) is 5.82 Å². The van der Waals surface area contributed by atoms with Crippen LogP contribution in [0.2, 0.25) is 0 Å². The van der Waals surface area contributed by atoms with Gasteiger partial charge >= 0.3 is 6.03 Å². The Morgan fingerprint density at radius 2 is 1.83 bits per heavy atom. The average Bonchev–Trinajstić information content (AvgIpc) is 3.05. The molecule has 0 aromatic carbocycles. The molecule has 0 saturated carbocycles. The van der Waals surface area contributed by atoms with Gasteiger partial charge in [0.05, 0.1) is 0 Å². The smallest absolute Gasteiger partial charge is 0.320 e. The summed E-state index contributed by atoms with van der Waals surface area (Å²) in [6, 6.07) is 0.227. The van der Waals surface area contributed by atoms with Crippen LogP contribution in [0.3, 0.4) is 0 Å². The molecule has 2 aliphatic rings. The molecule has 1 atom stereocenters. The first-order valence-corrected chi connectivity index (χ1v) is 10.3. The molecule has 24 heavy (non-hydrogen) atoms. The molecule has 7 heteroatoms. The molecule has 2 fully saturated rings. The summed E-state index contributed by atoms with van der Waals surface area (Å²) in [4.78, 5) is 16.9. The first kappa shape index (κ1) is 17.6. The van der Waals surface area contributed by atoms with Crippen LogP contribution in [-0.2, 0) is 6.54 Å². The monoisotopic (exact) mass is 351 g/mol. The zero-order chi connectivity index (χ0) is 16.9. The lowest BCUT2D eigenvalue weighted by molar-refractivity contribution is 0.129. The third-order valence-corrected chi connectivity index (χ3v) is 5.87. The fraction of sp³-hybridized carbons (Fsp3) is 0.824. The van der Waals surface area contributed by atoms with E-state index in [9.17, 15) is 4.79 Å². The van der Waals surface area contributed by atoms with Gasteiger partial charge in [0.25, 0.3) is 0 Å². The molecule has 1 aromatic heterocycles. The van der Waals surface area contributed by atoms with Crippen molar-refractivity contribution in [1.82, 2.24) is 24.6 Å². The molecule has 6 nitrogen and oxygen atoms in total. The van der Waals surface area contributed by atoms with E-state index in [1.165, 1.54) is 6.42 Å². The fourth-order valence-corrected chi connectivity index (χ4v) is 4.52. The van der Waals surface area contributed by atoms with Gasteiger partial charge in [-0.15, -0.1) is 10.2 Å². The second-order valence-electron chi connectivity index (χ2n) is 6.63. The van der Waals surface area contributed by atoms with E-state index in [4.69, 9.17) is 0 Å². The molecule has 0 N–H and O–H groups in total. The van der Waals surface area contributed by atoms with Crippen LogP contribution in [0, 0.1) is 0 Å². The topological polar surface area (TPSA) is 54.3 Å². The molecule has 3 rings (SSSR count). The number of hydrogen-bond donors (Lipinski definition) is 0. The van der Waals surface area contributed by atoms with E-state index < -0.39 is 0 Å². The summed E-state index contributed by atoms with van der Waals surface area (Å²) >= 11 is 1.74. The van der Waals surface area contributed by atoms with Crippen molar-refractivity contribution < 1.29 is 4.79 Å². The molecule has 0 radical (unpaired) electrons. The number of piperidine rings is 2. The minimum Gasteiger partial charge on any atom is -0.325 e. The summed E-state index contributed by atoms with van der Waals surface area (Å²) in [5.41, 5.74) is 0. The third kappa shape index (κ3) is 3.71. The molecule has 3 heterocycles. The van der Waals surface area contributed by atoms with Crippen molar-refractivity contribution in [3.63, 3.8) is 0 Å². The molecule has 0 bridgehead atoms. The molecule has 2 saturated heterocycles. The van der Waals surface area contributed by atoms with Gasteiger partial charge < -0.3 is 14.4 Å². The van der Waals surface area contributed by atoms with E-state index in [1.54, 1.807) is 11.8 Å². The molecule has 0 aliphatic carbocycles. The maximum Gasteiger partial charge on any atom is 0.320 e. The van der Waals surface area contributed by atoms with Crippen molar-refractivity contribution in [3.8, 4) is 0 Å². The Hall–Kier alpha value is -1.24. The Morgan fingerprint density at radius 3 is 2.54 bits per heavy atom. The van der Waals surface area contributed by atoms with Crippen molar-refractivity contribution in [3.05, 3.63) is 5.82 Å². The zero-order valence-electron chi connectivity index (χ0n) is 14.9. The summed E-state index contributed by atoms with van der Waals surface area (Å²) in [7, 11) is 0. The molecule has 2 amide bonds. The number of carbonyl (C=O) groups is 1. The number of rotatable bonds is 4. The zero-order valence-corrected chi connectivity index (χ0v) is 15.7. The number of urea groups is 1. The molecule has 2 aliphatic heterocycles. The summed E-state index contributed by atoms with van der Waals surface area (Å²) in [5, 5.41) is 9.86. The number of aromatic nitrogens is 3. The highest BCUT2D eigenvalue weighted by Gasteiger charge is 2.31. The molecule has 134 valence electrons. The standard InChI is InChI=1S/C17H29N5OS/c1-3-22-15(18-19-16(22)24-4-2)14-9-8-12-21(13-14)17(23)20-10-6-5-7-11-20/h14H,3-13H2,1-2H3. The van der Waals surface area contributed by atoms with E-state index >= 15 is 0 Å². The number of nitrogens with zero attached hydrogens (tertiary/aromatic N) is 5. The second kappa shape index (κ2) is 8.23. The number of amides is 2. The molecular weight excluding hydrogens is 322 g/mol. The Balaban J connectivity index is 1.70. The van der Waals surface area contributed by atoms with Crippen molar-refractivity contribution in [2.75, 3.05) is 31.9 Å². The van der Waals surface area contributed by atoms with Crippen LogP contribution < -0.4 is 0 Å². The van der Waals surface area contributed by atoms with Gasteiger partial charge in [0.2, 0.25) is 0 Å². The quantitative estimate of drug-likeness (QED) is 0.782. The highest BCUT2D eigenvalue weighted by Crippen LogP contribution is 2.29. The largest absolute Gasteiger partial charge is 0.325 e. The Labute approximate surface area is 149 Å². The van der Waals surface area contributed by atoms with Crippen LogP contribution >= 0.6 is 11.8 Å². The van der Waals surface area contributed by atoms with Crippen molar-refractivity contribution >= 4 is 17.8 Å². The van der Waals surface area contributed by atoms with E-state index in [0.29, 0.717) is 5.92 Å². The Bertz CT molecular complexity index is 555. The van der Waals surface area contributed by atoms with Crippen LogP contribution in [0.15, 0.2) is 5.16 Å². The predicted octanol–water partition coefficient (Wildman–Crippen LogP) is 3.20. The van der Waals surface area contributed by atoms with Gasteiger partial charge in [-0.25, -0.2) is 4.79 Å². The highest BCUT2D eigenvalue weighted by atomic mass is 32.2. The lowest BCUT2D eigenvalue weighted by Crippen LogP contribution is -2.48. The van der Waals surface area contributed by atoms with Crippen molar-refractivity contribution in [1.29, 1.82) is 0 Å². The summed E-state index contributed by atoms with van der Waals surface area (Å²) in [6.45, 7) is 8.67. The van der Waals surface area contributed by atoms with Crippen LogP contribution in [0.4, 0.5) is 4.79 Å². The van der Waals surface area contributed by atoms with Crippen LogP contribution in [-0.4, -0.2) is 62.5 Å². The normalized spacial score (nSPS) is 22.0. The first-order valence-electron chi connectivity index (χ1n) is 9.34. The predicted molar refractivity (Wildman–Crippen MR) is 96.5 cm³/mol. The summed E-state index contributed by atoms with van der Waals surface area (Å²) < 4.78 is 2.23. The lowest BCUT2D eigenvalue weighted by atomic mass is 9.97. The third-order valence-electron chi connectivity index (χ3n) is 5.02. The maximum atomic E-state index is 12.8. The van der Waals surface area contributed by atoms with Crippen molar-refractivity contribution in [2.24, 2.45) is 0 Å². The minimum absolute atomic E-state index is 0.227. The second-order valence-corrected chi connectivity index (χ2v) is 7.86. The van der Waals surface area contributed by atoms with E-state index in [0.717, 1.165) is 75.1 Å². The number of likely N-dealkylation sites (tertiary alicyclic amines) is 2. The maximum absolute atomic E-state index is 12.8. The number of carbonyl (C=O) groups excluding carboxylic acids is 1. The van der Waals surface area contributed by atoms with Gasteiger partial charge in [-0.1, -0.05) is 18.7 Å². The van der Waals surface area contributed by atoms with Crippen LogP contribution in [0.5, 0.6) is 0 Å². The van der Waals surface area contributed by atoms with Crippen molar-refractivity contribution in [2.45, 2.75) is 63.6 Å². The highest BCUT2D eigenvalue weighted by molar-refractivity contribution is 7.99. The molecule has 1 aromatic rings. The van der Waals surface area contributed by atoms with Crippen LogP contribution in [0.1, 0.15) is 57.7 Å². The average molecular weight is 352 g/mol. The van der Waals surface area contributed by atoms with Gasteiger partial charge in [0, 0.05) is 38.6 Å². The minimum atomic E-state index is 0.227. The van der Waals surface area contributed by atoms with Gasteiger partial charge in [-0.3, -0.25) is 0 Å². The number of thioether (sulfide) groups is 1. The Morgan fingerprint density at radius 1 is 1.08 bits per heavy atom. The Kier molecular flexibility index (Phi) is 6.03. The van der Waals surface area contributed by atoms with E-state index in [-0.39, 0.29) is 6.03 Å². The molecule has 0 spiro atoms. The van der Waals surface area contributed by atoms with E-state index in [2.05, 4.69) is 28.6 Å². The lowest BCUT2D eigenvalue weighted by Gasteiger charge is -2.37. The van der Waals surface area contributed by atoms with E-state index in [1.807, 2.05) is 9.80 Å². The first-order chi connectivity index (χ1) is 11.7. The van der Waals surface area contributed by atoms with Crippen LogP contribution in [0.25, 0.3) is 0 Å².